The molecule has 0 spiro atoms. The van der Waals surface area contributed by atoms with Crippen molar-refractivity contribution in [3.63, 3.8) is 0 Å². The first-order chi connectivity index (χ1) is 14.8. The van der Waals surface area contributed by atoms with Crippen molar-refractivity contribution in [2.45, 2.75) is 24.4 Å². The molecule has 1 aliphatic rings. The summed E-state index contributed by atoms with van der Waals surface area (Å²) in [6, 6.07) is 0. The summed E-state index contributed by atoms with van der Waals surface area (Å²) in [6.07, 6.45) is 7.73. The fraction of sp³-hybridized carbons (Fsp3) is 0.444. The Morgan fingerprint density at radius 3 is 1.74 bits per heavy atom. The van der Waals surface area contributed by atoms with Crippen LogP contribution >= 0.6 is 0 Å². The zero-order valence-electron chi connectivity index (χ0n) is 16.2. The van der Waals surface area contributed by atoms with Crippen LogP contribution in [0.3, 0.4) is 0 Å². The third kappa shape index (κ3) is 7.34. The van der Waals surface area contributed by atoms with Crippen molar-refractivity contribution in [1.29, 1.82) is 0 Å². The Morgan fingerprint density at radius 2 is 1.35 bits per heavy atom. The van der Waals surface area contributed by atoms with Crippen molar-refractivity contribution in [3.8, 4) is 37.0 Å². The number of terminal acetylenes is 3. The fourth-order valence-electron chi connectivity index (χ4n) is 2.15. The highest BCUT2D eigenvalue weighted by atomic mass is 16.8. The Labute approximate surface area is 177 Å². The lowest BCUT2D eigenvalue weighted by atomic mass is 10.1. The van der Waals surface area contributed by atoms with E-state index in [9.17, 15) is 24.3 Å². The molecule has 1 N–H and O–H groups in total. The number of aliphatic carboxylic acids is 1. The number of hydrogen-bond acceptors (Lipinski definition) is 11. The number of esters is 3. The molecule has 0 aliphatic carbocycles. The molecule has 1 saturated heterocycles. The van der Waals surface area contributed by atoms with E-state index >= 15 is 0 Å². The van der Waals surface area contributed by atoms with Gasteiger partial charge in [0.15, 0.2) is 44.2 Å². The van der Waals surface area contributed by atoms with Gasteiger partial charge in [-0.3, -0.25) is 0 Å². The Bertz CT molecular complexity index is 766. The van der Waals surface area contributed by atoms with Gasteiger partial charge in [0.2, 0.25) is 0 Å². The second-order valence-electron chi connectivity index (χ2n) is 5.39. The quantitative estimate of drug-likeness (QED) is 0.161. The summed E-state index contributed by atoms with van der Waals surface area (Å²) < 4.78 is 34.3. The predicted molar refractivity (Wildman–Crippen MR) is 98.2 cm³/mol. The molecular formula is C18H17BO12. The molecular weight excluding hydrogens is 419 g/mol. The normalized spacial score (nSPS) is 19.1. The summed E-state index contributed by atoms with van der Waals surface area (Å²) in [5.74, 6) is 1.04. The summed E-state index contributed by atoms with van der Waals surface area (Å²) in [5, 5.41) is 9.25. The van der Waals surface area contributed by atoms with Crippen molar-refractivity contribution >= 4 is 31.2 Å². The van der Waals surface area contributed by atoms with Gasteiger partial charge < -0.3 is 38.0 Å². The van der Waals surface area contributed by atoms with Gasteiger partial charge in [-0.05, 0) is 0 Å². The number of carboxylic acids is 1. The molecule has 1 heterocycles. The fourth-order valence-corrected chi connectivity index (χ4v) is 2.15. The van der Waals surface area contributed by atoms with Gasteiger partial charge in [-0.25, -0.2) is 19.2 Å². The molecule has 0 saturated carbocycles. The number of ether oxygens (including phenoxy) is 4. The lowest BCUT2D eigenvalue weighted by Gasteiger charge is -2.22. The Kier molecular flexibility index (Phi) is 10.6. The summed E-state index contributed by atoms with van der Waals surface area (Å²) >= 11 is 0. The monoisotopic (exact) mass is 436 g/mol. The Hall–Kier alpha value is -3.54. The molecule has 0 bridgehead atoms. The number of carboxylic acid groups (broad SMARTS) is 1. The molecule has 0 amide bonds. The first kappa shape index (κ1) is 25.5. The minimum absolute atomic E-state index is 0.442. The number of carbonyl (C=O) groups excluding carboxylic acids is 3. The summed E-state index contributed by atoms with van der Waals surface area (Å²) in [7, 11) is -0.924. The van der Waals surface area contributed by atoms with E-state index in [-0.39, 0.29) is 0 Å². The van der Waals surface area contributed by atoms with Crippen LogP contribution in [-0.4, -0.2) is 87.7 Å². The van der Waals surface area contributed by atoms with Gasteiger partial charge in [-0.15, -0.1) is 19.3 Å². The van der Waals surface area contributed by atoms with Crippen LogP contribution in [0.5, 0.6) is 0 Å². The molecule has 4 unspecified atom stereocenters. The number of rotatable bonds is 11. The van der Waals surface area contributed by atoms with Gasteiger partial charge in [0.1, 0.15) is 0 Å². The van der Waals surface area contributed by atoms with Crippen LogP contribution in [-0.2, 0) is 52.1 Å². The molecule has 1 fully saturated rings. The average molecular weight is 436 g/mol. The third-order valence-corrected chi connectivity index (χ3v) is 3.41. The lowest BCUT2D eigenvalue weighted by molar-refractivity contribution is -0.171. The van der Waals surface area contributed by atoms with Crippen LogP contribution in [0.1, 0.15) is 0 Å². The van der Waals surface area contributed by atoms with Crippen LogP contribution in [0.2, 0.25) is 0 Å². The van der Waals surface area contributed by atoms with E-state index in [4.69, 9.17) is 47.4 Å². The van der Waals surface area contributed by atoms with E-state index in [0.29, 0.717) is 0 Å². The van der Waals surface area contributed by atoms with E-state index in [2.05, 4.69) is 4.74 Å². The highest BCUT2D eigenvalue weighted by Gasteiger charge is 2.53. The zero-order valence-corrected chi connectivity index (χ0v) is 16.2. The second-order valence-corrected chi connectivity index (χ2v) is 5.39. The van der Waals surface area contributed by atoms with E-state index in [0.717, 1.165) is 7.11 Å². The van der Waals surface area contributed by atoms with Crippen molar-refractivity contribution in [2.75, 3.05) is 26.9 Å². The summed E-state index contributed by atoms with van der Waals surface area (Å²) in [6.45, 7) is -1.38. The van der Waals surface area contributed by atoms with Crippen molar-refractivity contribution in [1.82, 2.24) is 0 Å². The number of hydrogen-bond donors (Lipinski definition) is 1. The van der Waals surface area contributed by atoms with Crippen LogP contribution in [0.25, 0.3) is 0 Å². The molecule has 1 rings (SSSR count). The molecule has 0 aromatic carbocycles. The summed E-state index contributed by atoms with van der Waals surface area (Å²) in [5.41, 5.74) is 0. The molecule has 12 nitrogen and oxygen atoms in total. The predicted octanol–water partition coefficient (Wildman–Crippen LogP) is -2.23. The molecule has 31 heavy (non-hydrogen) atoms. The van der Waals surface area contributed by atoms with Crippen molar-refractivity contribution in [3.05, 3.63) is 0 Å². The highest BCUT2D eigenvalue weighted by Crippen LogP contribution is 2.23. The Balaban J connectivity index is 3.07. The van der Waals surface area contributed by atoms with Gasteiger partial charge in [-0.1, -0.05) is 17.8 Å². The van der Waals surface area contributed by atoms with Crippen LogP contribution < -0.4 is 0 Å². The van der Waals surface area contributed by atoms with Crippen LogP contribution in [0, 0.1) is 37.0 Å². The second kappa shape index (κ2) is 12.9. The zero-order chi connectivity index (χ0) is 23.4. The minimum atomic E-state index is -1.95. The van der Waals surface area contributed by atoms with Gasteiger partial charge >= 0.3 is 31.2 Å². The summed E-state index contributed by atoms with van der Waals surface area (Å²) in [4.78, 5) is 47.8. The van der Waals surface area contributed by atoms with E-state index in [1.165, 1.54) is 0 Å². The smallest absolute Gasteiger partial charge is 0.479 e. The average Bonchev–Trinajstić information content (AvgIpc) is 3.17. The van der Waals surface area contributed by atoms with Crippen LogP contribution in [0.4, 0.5) is 0 Å². The van der Waals surface area contributed by atoms with Crippen molar-refractivity contribution < 1.29 is 57.2 Å². The number of methoxy groups -OCH3 is 1. The lowest BCUT2D eigenvalue weighted by Crippen LogP contribution is -2.47. The maximum Gasteiger partial charge on any atom is 0.641 e. The Morgan fingerprint density at radius 1 is 0.903 bits per heavy atom. The third-order valence-electron chi connectivity index (χ3n) is 3.41. The van der Waals surface area contributed by atoms with E-state index in [1.807, 2.05) is 17.8 Å². The van der Waals surface area contributed by atoms with Gasteiger partial charge in [0, 0.05) is 7.11 Å². The topological polar surface area (TPSA) is 153 Å². The molecule has 0 radical (unpaired) electrons. The first-order valence-electron chi connectivity index (χ1n) is 8.32. The molecule has 0 aromatic rings. The van der Waals surface area contributed by atoms with Gasteiger partial charge in [0.25, 0.3) is 0 Å². The van der Waals surface area contributed by atoms with Gasteiger partial charge in [-0.2, -0.15) is 0 Å². The molecule has 0 aromatic heterocycles. The first-order valence-corrected chi connectivity index (χ1v) is 8.32. The molecule has 13 heteroatoms. The van der Waals surface area contributed by atoms with Crippen molar-refractivity contribution in [2.24, 2.45) is 0 Å². The van der Waals surface area contributed by atoms with Crippen LogP contribution in [0.15, 0.2) is 0 Å². The minimum Gasteiger partial charge on any atom is -0.479 e. The molecule has 164 valence electrons. The van der Waals surface area contributed by atoms with Gasteiger partial charge in [0.05, 0.1) is 0 Å². The molecule has 1 aliphatic heterocycles. The van der Waals surface area contributed by atoms with E-state index in [1.54, 1.807) is 0 Å². The SMILES string of the molecule is C#CCOC(=O)C(OB1OC(C(=O)OCC#C)C(C(=O)OCC#C)O1)C(OC)C(=O)O. The largest absolute Gasteiger partial charge is 0.641 e. The number of carbonyl (C=O) groups is 4. The maximum absolute atomic E-state index is 12.2. The molecule has 4 atom stereocenters. The highest BCUT2D eigenvalue weighted by molar-refractivity contribution is 6.39. The maximum atomic E-state index is 12.2. The standard InChI is InChI=1S/C18H17BO12/c1-5-8-26-16(22)12(11(25-4)15(20)21)29-19-30-13(17(23)27-9-6-2)14(31-19)18(24)28-10-7-3/h1-3,11-14H,8-10H2,4H3,(H,20,21). The van der Waals surface area contributed by atoms with E-state index < -0.39 is 75.4 Å².